The molecule has 3 aromatic heterocycles. The van der Waals surface area contributed by atoms with Crippen LogP contribution in [0, 0.1) is 6.92 Å². The molecule has 0 aliphatic carbocycles. The van der Waals surface area contributed by atoms with Crippen LogP contribution in [0.1, 0.15) is 35.3 Å². The van der Waals surface area contributed by atoms with Crippen LogP contribution in [-0.2, 0) is 17.8 Å². The quantitative estimate of drug-likeness (QED) is 0.451. The summed E-state index contributed by atoms with van der Waals surface area (Å²) >= 11 is 7.49. The molecule has 8 nitrogen and oxygen atoms in total. The predicted molar refractivity (Wildman–Crippen MR) is 132 cm³/mol. The maximum atomic E-state index is 12.8. The molecule has 4 heterocycles. The number of carbonyl (C=O) groups excluding carboxylic acids is 1. The summed E-state index contributed by atoms with van der Waals surface area (Å²) in [5, 5.41) is 11.8. The van der Waals surface area contributed by atoms with Crippen LogP contribution in [0.5, 0.6) is 5.75 Å². The van der Waals surface area contributed by atoms with Gasteiger partial charge in [-0.05, 0) is 43.4 Å². The highest BCUT2D eigenvalue weighted by Crippen LogP contribution is 2.30. The third-order valence-corrected chi connectivity index (χ3v) is 7.52. The van der Waals surface area contributed by atoms with E-state index in [0.717, 1.165) is 53.4 Å². The number of hydrogen-bond donors (Lipinski definition) is 1. The Hall–Kier alpha value is -3.17. The second kappa shape index (κ2) is 9.23. The smallest absolute Gasteiger partial charge is 0.302 e. The highest BCUT2D eigenvalue weighted by Gasteiger charge is 2.21. The topological polar surface area (TPSA) is 92.7 Å². The van der Waals surface area contributed by atoms with Crippen LogP contribution in [-0.4, -0.2) is 47.9 Å². The molecule has 0 atom stereocenters. The zero-order valence-electron chi connectivity index (χ0n) is 18.7. The molecule has 0 unspecified atom stereocenters. The third kappa shape index (κ3) is 4.33. The number of imidazole rings is 1. The molecule has 1 amide bonds. The number of aromatic hydroxyl groups is 1. The van der Waals surface area contributed by atoms with E-state index >= 15 is 0 Å². The van der Waals surface area contributed by atoms with Gasteiger partial charge in [-0.15, -0.1) is 11.3 Å². The number of hydrogen-bond acceptors (Lipinski definition) is 6. The van der Waals surface area contributed by atoms with Crippen molar-refractivity contribution in [3.05, 3.63) is 68.2 Å². The Kier molecular flexibility index (Phi) is 6.14. The molecule has 1 N–H and O–H groups in total. The van der Waals surface area contributed by atoms with E-state index in [1.165, 1.54) is 21.9 Å². The number of aryl methyl sites for hydroxylation is 1. The lowest BCUT2D eigenvalue weighted by Gasteiger charge is -2.26. The van der Waals surface area contributed by atoms with Gasteiger partial charge in [-0.3, -0.25) is 9.59 Å². The van der Waals surface area contributed by atoms with Crippen molar-refractivity contribution in [3.8, 4) is 16.5 Å². The zero-order chi connectivity index (χ0) is 23.8. The minimum atomic E-state index is -0.589. The molecule has 5 rings (SSSR count). The van der Waals surface area contributed by atoms with Gasteiger partial charge in [-0.2, -0.15) is 0 Å². The van der Waals surface area contributed by atoms with Crippen molar-refractivity contribution >= 4 is 34.6 Å². The standard InChI is InChI=1S/C24H24ClN5O3S/c1-15-11-16(5-6-18(15)25)12-17-13-26-22(34-17)20-21(32)23(33)30-10-9-29(24(30)27-20)14-19(31)28-7-3-2-4-8-28/h5-6,9-11,13,32H,2-4,7-8,12,14H2,1H3. The van der Waals surface area contributed by atoms with Crippen molar-refractivity contribution in [2.45, 2.75) is 39.2 Å². The lowest BCUT2D eigenvalue weighted by molar-refractivity contribution is -0.132. The monoisotopic (exact) mass is 497 g/mol. The summed E-state index contributed by atoms with van der Waals surface area (Å²) < 4.78 is 2.90. The molecule has 1 aromatic carbocycles. The fraction of sp³-hybridized carbons (Fsp3) is 0.333. The van der Waals surface area contributed by atoms with Crippen molar-refractivity contribution in [2.24, 2.45) is 0 Å². The summed E-state index contributed by atoms with van der Waals surface area (Å²) in [5.74, 6) is -0.162. The fourth-order valence-electron chi connectivity index (χ4n) is 4.24. The Balaban J connectivity index is 1.45. The first kappa shape index (κ1) is 22.6. The molecular formula is C24H24ClN5O3S. The lowest BCUT2D eigenvalue weighted by Crippen LogP contribution is -2.37. The van der Waals surface area contributed by atoms with E-state index in [9.17, 15) is 14.7 Å². The van der Waals surface area contributed by atoms with Gasteiger partial charge in [0.25, 0.3) is 0 Å². The van der Waals surface area contributed by atoms with Crippen molar-refractivity contribution < 1.29 is 9.90 Å². The van der Waals surface area contributed by atoms with Crippen LogP contribution in [0.15, 0.2) is 41.6 Å². The Morgan fingerprint density at radius 1 is 1.21 bits per heavy atom. The van der Waals surface area contributed by atoms with Crippen LogP contribution in [0.2, 0.25) is 5.02 Å². The molecule has 176 valence electrons. The van der Waals surface area contributed by atoms with Gasteiger partial charge >= 0.3 is 5.56 Å². The number of fused-ring (bicyclic) bond motifs is 1. The van der Waals surface area contributed by atoms with Gasteiger partial charge in [0.1, 0.15) is 11.6 Å². The summed E-state index contributed by atoms with van der Waals surface area (Å²) in [5.41, 5.74) is 1.63. The predicted octanol–water partition coefficient (Wildman–Crippen LogP) is 3.89. The van der Waals surface area contributed by atoms with Crippen molar-refractivity contribution in [3.63, 3.8) is 0 Å². The molecule has 1 saturated heterocycles. The number of aromatic nitrogens is 4. The molecule has 1 fully saturated rings. The number of rotatable bonds is 5. The van der Waals surface area contributed by atoms with E-state index in [-0.39, 0.29) is 18.1 Å². The SMILES string of the molecule is Cc1cc(Cc2cnc(-c3nc4n(CC(=O)N5CCCCC5)ccn4c(=O)c3O)s2)ccc1Cl. The Labute approximate surface area is 205 Å². The van der Waals surface area contributed by atoms with E-state index < -0.39 is 11.3 Å². The molecule has 0 spiro atoms. The minimum Gasteiger partial charge on any atom is -0.501 e. The van der Waals surface area contributed by atoms with E-state index in [1.54, 1.807) is 17.0 Å². The fourth-order valence-corrected chi connectivity index (χ4v) is 5.30. The maximum Gasteiger partial charge on any atom is 0.302 e. The number of nitrogens with zero attached hydrogens (tertiary/aromatic N) is 5. The average molecular weight is 498 g/mol. The normalized spacial score (nSPS) is 14.1. The van der Waals surface area contributed by atoms with Gasteiger partial charge in [0, 0.05) is 48.0 Å². The van der Waals surface area contributed by atoms with Gasteiger partial charge in [0.2, 0.25) is 17.4 Å². The van der Waals surface area contributed by atoms with Crippen LogP contribution in [0.25, 0.3) is 16.5 Å². The molecular weight excluding hydrogens is 474 g/mol. The van der Waals surface area contributed by atoms with E-state index in [4.69, 9.17) is 11.6 Å². The summed E-state index contributed by atoms with van der Waals surface area (Å²) in [6.45, 7) is 3.56. The van der Waals surface area contributed by atoms with Crippen molar-refractivity contribution in [2.75, 3.05) is 13.1 Å². The Morgan fingerprint density at radius 2 is 2.00 bits per heavy atom. The molecule has 34 heavy (non-hydrogen) atoms. The van der Waals surface area contributed by atoms with Gasteiger partial charge in [0.15, 0.2) is 5.69 Å². The number of thiazole rings is 1. The summed E-state index contributed by atoms with van der Waals surface area (Å²) in [6.07, 6.45) is 8.71. The minimum absolute atomic E-state index is 0.00327. The molecule has 4 aromatic rings. The van der Waals surface area contributed by atoms with Gasteiger partial charge in [0.05, 0.1) is 0 Å². The Morgan fingerprint density at radius 3 is 2.76 bits per heavy atom. The molecule has 0 radical (unpaired) electrons. The highest BCUT2D eigenvalue weighted by atomic mass is 35.5. The largest absolute Gasteiger partial charge is 0.501 e. The average Bonchev–Trinajstić information content (AvgIpc) is 3.46. The van der Waals surface area contributed by atoms with Crippen LogP contribution >= 0.6 is 22.9 Å². The molecule has 1 aliphatic rings. The number of benzene rings is 1. The van der Waals surface area contributed by atoms with Gasteiger partial charge < -0.3 is 14.6 Å². The van der Waals surface area contributed by atoms with Crippen molar-refractivity contribution in [1.82, 2.24) is 23.8 Å². The van der Waals surface area contributed by atoms with Crippen molar-refractivity contribution in [1.29, 1.82) is 0 Å². The second-order valence-electron chi connectivity index (χ2n) is 8.54. The maximum absolute atomic E-state index is 12.8. The number of piperidine rings is 1. The van der Waals surface area contributed by atoms with E-state index in [0.29, 0.717) is 17.2 Å². The van der Waals surface area contributed by atoms with Gasteiger partial charge in [-0.1, -0.05) is 23.7 Å². The Bertz CT molecular complexity index is 1430. The van der Waals surface area contributed by atoms with E-state index in [1.807, 2.05) is 30.0 Å². The molecule has 1 aliphatic heterocycles. The first-order chi connectivity index (χ1) is 16.4. The zero-order valence-corrected chi connectivity index (χ0v) is 20.3. The number of halogens is 1. The number of amides is 1. The first-order valence-corrected chi connectivity index (χ1v) is 12.4. The van der Waals surface area contributed by atoms with Crippen LogP contribution in [0.4, 0.5) is 0 Å². The van der Waals surface area contributed by atoms with Gasteiger partial charge in [-0.25, -0.2) is 14.4 Å². The van der Waals surface area contributed by atoms with Crippen LogP contribution < -0.4 is 5.56 Å². The molecule has 10 heteroatoms. The summed E-state index contributed by atoms with van der Waals surface area (Å²) in [6, 6.07) is 5.87. The molecule has 0 bridgehead atoms. The van der Waals surface area contributed by atoms with Crippen LogP contribution in [0.3, 0.4) is 0 Å². The summed E-state index contributed by atoms with van der Waals surface area (Å²) in [7, 11) is 0. The highest BCUT2D eigenvalue weighted by molar-refractivity contribution is 7.15. The second-order valence-corrected chi connectivity index (χ2v) is 10.1. The summed E-state index contributed by atoms with van der Waals surface area (Å²) in [4.78, 5) is 37.4. The van der Waals surface area contributed by atoms with E-state index in [2.05, 4.69) is 9.97 Å². The first-order valence-electron chi connectivity index (χ1n) is 11.2. The number of carbonyl (C=O) groups is 1. The molecule has 0 saturated carbocycles. The third-order valence-electron chi connectivity index (χ3n) is 6.10. The lowest BCUT2D eigenvalue weighted by atomic mass is 10.1. The number of likely N-dealkylation sites (tertiary alicyclic amines) is 1.